The summed E-state index contributed by atoms with van der Waals surface area (Å²) in [5, 5.41) is 17.8. The summed E-state index contributed by atoms with van der Waals surface area (Å²) in [6.45, 7) is 0.568. The molecule has 0 aliphatic carbocycles. The zero-order valence-corrected chi connectivity index (χ0v) is 17.0. The monoisotopic (exact) mass is 432 g/mol. The van der Waals surface area contributed by atoms with Gasteiger partial charge in [0.1, 0.15) is 17.2 Å². The summed E-state index contributed by atoms with van der Waals surface area (Å²) in [5.74, 6) is -2.17. The number of H-pyrrole nitrogens is 1. The minimum absolute atomic E-state index is 0.0803. The summed E-state index contributed by atoms with van der Waals surface area (Å²) in [5.41, 5.74) is 1.85. The highest BCUT2D eigenvalue weighted by Gasteiger charge is 2.22. The number of amides is 1. The Hall–Kier alpha value is -4.27. The largest absolute Gasteiger partial charge is 0.364 e. The van der Waals surface area contributed by atoms with E-state index in [9.17, 15) is 13.6 Å². The molecule has 0 aliphatic heterocycles. The molecule has 0 bridgehead atoms. The van der Waals surface area contributed by atoms with E-state index < -0.39 is 23.1 Å². The third-order valence-corrected chi connectivity index (χ3v) is 5.29. The van der Waals surface area contributed by atoms with Crippen molar-refractivity contribution in [2.45, 2.75) is 6.54 Å². The number of aryl methyl sites for hydroxylation is 1. The van der Waals surface area contributed by atoms with Crippen molar-refractivity contribution in [3.8, 4) is 0 Å². The number of nitrogens with zero attached hydrogens (tertiary/aromatic N) is 3. The molecule has 5 rings (SSSR count). The van der Waals surface area contributed by atoms with Gasteiger partial charge in [-0.25, -0.2) is 8.78 Å². The number of aromatic amines is 1. The molecule has 2 aromatic heterocycles. The average Bonchev–Trinajstić information content (AvgIpc) is 3.36. The Labute approximate surface area is 181 Å². The lowest BCUT2D eigenvalue weighted by Gasteiger charge is -2.09. The lowest BCUT2D eigenvalue weighted by Crippen LogP contribution is -2.16. The van der Waals surface area contributed by atoms with Crippen molar-refractivity contribution in [2.24, 2.45) is 7.05 Å². The maximum atomic E-state index is 14.8. The number of carbonyl (C=O) groups is 1. The second-order valence-corrected chi connectivity index (χ2v) is 7.37. The molecule has 7 nitrogen and oxygen atoms in total. The van der Waals surface area contributed by atoms with Crippen LogP contribution in [0.15, 0.2) is 60.8 Å². The maximum absolute atomic E-state index is 14.8. The van der Waals surface area contributed by atoms with Gasteiger partial charge >= 0.3 is 0 Å². The molecule has 0 spiro atoms. The van der Waals surface area contributed by atoms with E-state index in [4.69, 9.17) is 0 Å². The van der Waals surface area contributed by atoms with Gasteiger partial charge in [0.25, 0.3) is 5.91 Å². The molecule has 0 fully saturated rings. The van der Waals surface area contributed by atoms with Gasteiger partial charge in [0.15, 0.2) is 5.82 Å². The molecule has 0 aliphatic rings. The number of carbonyl (C=O) groups excluding carboxylic acids is 1. The Morgan fingerprint density at radius 2 is 1.91 bits per heavy atom. The molecule has 5 aromatic rings. The van der Waals surface area contributed by atoms with E-state index in [1.54, 1.807) is 25.2 Å². The fourth-order valence-corrected chi connectivity index (χ4v) is 3.63. The number of halogens is 2. The van der Waals surface area contributed by atoms with Gasteiger partial charge in [-0.05, 0) is 23.8 Å². The van der Waals surface area contributed by atoms with Crippen LogP contribution in [0.5, 0.6) is 0 Å². The number of rotatable bonds is 5. The summed E-state index contributed by atoms with van der Waals surface area (Å²) in [6.07, 6.45) is 1.27. The number of anilines is 2. The van der Waals surface area contributed by atoms with Crippen LogP contribution in [0.3, 0.4) is 0 Å². The molecule has 0 radical (unpaired) electrons. The molecule has 3 N–H and O–H groups in total. The first-order chi connectivity index (χ1) is 15.5. The van der Waals surface area contributed by atoms with Crippen molar-refractivity contribution >= 4 is 39.2 Å². The highest BCUT2D eigenvalue weighted by Crippen LogP contribution is 2.27. The predicted octanol–water partition coefficient (Wildman–Crippen LogP) is 4.59. The van der Waals surface area contributed by atoms with E-state index in [1.807, 2.05) is 30.3 Å². The summed E-state index contributed by atoms with van der Waals surface area (Å²) < 4.78 is 30.7. The van der Waals surface area contributed by atoms with E-state index in [0.29, 0.717) is 18.1 Å². The number of hydrogen-bond acceptors (Lipinski definition) is 4. The van der Waals surface area contributed by atoms with Crippen molar-refractivity contribution in [1.82, 2.24) is 20.0 Å². The van der Waals surface area contributed by atoms with Gasteiger partial charge in [-0.1, -0.05) is 30.3 Å². The lowest BCUT2D eigenvalue weighted by atomic mass is 10.1. The summed E-state index contributed by atoms with van der Waals surface area (Å²) in [6, 6.07) is 16.0. The van der Waals surface area contributed by atoms with Crippen LogP contribution in [0.25, 0.3) is 21.8 Å². The highest BCUT2D eigenvalue weighted by atomic mass is 19.1. The molecule has 0 saturated carbocycles. The fourth-order valence-electron chi connectivity index (χ4n) is 3.63. The smallest absolute Gasteiger partial charge is 0.261 e. The zero-order chi connectivity index (χ0) is 22.2. The number of hydrogen-bond donors (Lipinski definition) is 3. The molecule has 32 heavy (non-hydrogen) atoms. The average molecular weight is 432 g/mol. The molecule has 2 heterocycles. The van der Waals surface area contributed by atoms with Gasteiger partial charge < -0.3 is 10.6 Å². The molecule has 3 aromatic carbocycles. The quantitative estimate of drug-likeness (QED) is 0.379. The van der Waals surface area contributed by atoms with Crippen molar-refractivity contribution in [3.05, 3.63) is 83.6 Å². The third kappa shape index (κ3) is 3.43. The minimum atomic E-state index is -0.953. The summed E-state index contributed by atoms with van der Waals surface area (Å²) in [7, 11) is 1.57. The van der Waals surface area contributed by atoms with E-state index in [2.05, 4.69) is 25.9 Å². The van der Waals surface area contributed by atoms with E-state index in [1.165, 1.54) is 10.9 Å². The molecule has 0 saturated heterocycles. The van der Waals surface area contributed by atoms with Crippen molar-refractivity contribution < 1.29 is 13.6 Å². The first-order valence-electron chi connectivity index (χ1n) is 9.88. The number of benzene rings is 3. The summed E-state index contributed by atoms with van der Waals surface area (Å²) >= 11 is 0. The fraction of sp³-hybridized carbons (Fsp3) is 0.0870. The third-order valence-electron chi connectivity index (χ3n) is 5.29. The van der Waals surface area contributed by atoms with Crippen molar-refractivity contribution in [1.29, 1.82) is 0 Å². The van der Waals surface area contributed by atoms with Crippen molar-refractivity contribution in [2.75, 3.05) is 10.6 Å². The Bertz CT molecular complexity index is 1460. The lowest BCUT2D eigenvalue weighted by molar-refractivity contribution is 0.101. The Morgan fingerprint density at radius 3 is 2.72 bits per heavy atom. The molecule has 0 unspecified atom stereocenters. The minimum Gasteiger partial charge on any atom is -0.364 e. The van der Waals surface area contributed by atoms with E-state index >= 15 is 0 Å². The number of nitrogens with one attached hydrogen (secondary N) is 3. The molecular formula is C23H18F2N6O. The number of aromatic nitrogens is 4. The van der Waals surface area contributed by atoms with Crippen molar-refractivity contribution in [3.63, 3.8) is 0 Å². The Morgan fingerprint density at radius 1 is 1.09 bits per heavy atom. The first-order valence-corrected chi connectivity index (χ1v) is 9.88. The van der Waals surface area contributed by atoms with Crippen LogP contribution in [-0.2, 0) is 13.6 Å². The highest BCUT2D eigenvalue weighted by molar-refractivity contribution is 6.08. The van der Waals surface area contributed by atoms with Gasteiger partial charge in [0, 0.05) is 30.7 Å². The second-order valence-electron chi connectivity index (χ2n) is 7.37. The van der Waals surface area contributed by atoms with Crippen LogP contribution in [0, 0.1) is 11.6 Å². The Kier molecular flexibility index (Phi) is 4.78. The normalized spacial score (nSPS) is 11.2. The van der Waals surface area contributed by atoms with E-state index in [0.717, 1.165) is 22.5 Å². The molecule has 1 amide bonds. The predicted molar refractivity (Wildman–Crippen MR) is 118 cm³/mol. The zero-order valence-electron chi connectivity index (χ0n) is 17.0. The van der Waals surface area contributed by atoms with Gasteiger partial charge in [-0.2, -0.15) is 10.2 Å². The maximum Gasteiger partial charge on any atom is 0.261 e. The number of fused-ring (bicyclic) bond motifs is 2. The molecule has 9 heteroatoms. The van der Waals surface area contributed by atoms with Crippen LogP contribution < -0.4 is 10.6 Å². The molecule has 160 valence electrons. The second kappa shape index (κ2) is 7.77. The molecular weight excluding hydrogens is 414 g/mol. The molecule has 0 atom stereocenters. The van der Waals surface area contributed by atoms with Gasteiger partial charge in [-0.15, -0.1) is 0 Å². The first kappa shape index (κ1) is 19.7. The van der Waals surface area contributed by atoms with E-state index in [-0.39, 0.29) is 10.9 Å². The van der Waals surface area contributed by atoms with Gasteiger partial charge in [0.2, 0.25) is 0 Å². The standard InChI is InChI=1S/C23H18F2N6O/c1-31-19-10-17(24)20(21(25)16(19)12-27-31)23(32)28-14-7-8-18-15(9-14)22(30-29-18)26-11-13-5-3-2-4-6-13/h2-10,12H,11H2,1H3,(H,28,32)(H2,26,29,30). The van der Waals surface area contributed by atoms with Gasteiger partial charge in [-0.3, -0.25) is 14.6 Å². The van der Waals surface area contributed by atoms with Crippen LogP contribution in [0.1, 0.15) is 15.9 Å². The SMILES string of the molecule is Cn1ncc2c(F)c(C(=O)Nc3ccc4[nH]nc(NCc5ccccc5)c4c3)c(F)cc21. The van der Waals surface area contributed by atoms with Gasteiger partial charge in [0.05, 0.1) is 22.6 Å². The van der Waals surface area contributed by atoms with Crippen LogP contribution in [0.4, 0.5) is 20.3 Å². The van der Waals surface area contributed by atoms with Crippen LogP contribution in [0.2, 0.25) is 0 Å². The summed E-state index contributed by atoms with van der Waals surface area (Å²) in [4.78, 5) is 12.7. The Balaban J connectivity index is 1.42. The topological polar surface area (TPSA) is 87.6 Å². The van der Waals surface area contributed by atoms with Crippen LogP contribution >= 0.6 is 0 Å². The van der Waals surface area contributed by atoms with Crippen LogP contribution in [-0.4, -0.2) is 25.9 Å².